The van der Waals surface area contributed by atoms with Gasteiger partial charge >= 0.3 is 0 Å². The van der Waals surface area contributed by atoms with Crippen LogP contribution in [-0.2, 0) is 4.79 Å². The number of guanidine groups is 1. The van der Waals surface area contributed by atoms with Crippen molar-refractivity contribution in [3.8, 4) is 0 Å². The average Bonchev–Trinajstić information content (AvgIpc) is 2.39. The van der Waals surface area contributed by atoms with Gasteiger partial charge < -0.3 is 16.0 Å². The first kappa shape index (κ1) is 15.7. The summed E-state index contributed by atoms with van der Waals surface area (Å²) in [5.41, 5.74) is 2.09. The van der Waals surface area contributed by atoms with Gasteiger partial charge in [0.05, 0.1) is 0 Å². The van der Waals surface area contributed by atoms with Crippen molar-refractivity contribution >= 4 is 41.5 Å². The molecule has 5 nitrogen and oxygen atoms in total. The SMILES string of the molecule is CN=C(NC)NCC1CC(=O)Nc2ccccc21.I. The van der Waals surface area contributed by atoms with Gasteiger partial charge in [0.1, 0.15) is 0 Å². The molecule has 6 heteroatoms. The molecule has 0 saturated heterocycles. The fourth-order valence-corrected chi connectivity index (χ4v) is 2.18. The number of hydrogen-bond donors (Lipinski definition) is 3. The monoisotopic (exact) mass is 374 g/mol. The van der Waals surface area contributed by atoms with Crippen LogP contribution in [0.15, 0.2) is 29.3 Å². The van der Waals surface area contributed by atoms with Gasteiger partial charge in [-0.15, -0.1) is 24.0 Å². The molecular weight excluding hydrogens is 355 g/mol. The standard InChI is InChI=1S/C13H18N4O.HI/c1-14-13(15-2)16-8-9-7-12(18)17-11-6-4-3-5-10(9)11;/h3-6,9H,7-8H2,1-2H3,(H,17,18)(H2,14,15,16);1H. The van der Waals surface area contributed by atoms with Gasteiger partial charge in [-0.3, -0.25) is 9.79 Å². The van der Waals surface area contributed by atoms with Crippen LogP contribution in [0.4, 0.5) is 5.69 Å². The summed E-state index contributed by atoms with van der Waals surface area (Å²) in [4.78, 5) is 15.7. The number of fused-ring (bicyclic) bond motifs is 1. The van der Waals surface area contributed by atoms with E-state index in [9.17, 15) is 4.79 Å². The van der Waals surface area contributed by atoms with Gasteiger partial charge in [0, 0.05) is 38.7 Å². The molecule has 1 aliphatic rings. The minimum Gasteiger partial charge on any atom is -0.359 e. The molecule has 1 aromatic rings. The van der Waals surface area contributed by atoms with Gasteiger partial charge in [0.2, 0.25) is 5.91 Å². The molecule has 1 atom stereocenters. The maximum absolute atomic E-state index is 11.6. The highest BCUT2D eigenvalue weighted by Crippen LogP contribution is 2.31. The van der Waals surface area contributed by atoms with Crippen LogP contribution in [0.2, 0.25) is 0 Å². The number of halogens is 1. The minimum absolute atomic E-state index is 0. The Balaban J connectivity index is 0.00000180. The van der Waals surface area contributed by atoms with E-state index in [4.69, 9.17) is 0 Å². The third-order valence-corrected chi connectivity index (χ3v) is 3.08. The number of nitrogens with zero attached hydrogens (tertiary/aromatic N) is 1. The van der Waals surface area contributed by atoms with Crippen LogP contribution in [0.3, 0.4) is 0 Å². The van der Waals surface area contributed by atoms with Crippen LogP contribution in [0.25, 0.3) is 0 Å². The zero-order chi connectivity index (χ0) is 13.0. The molecule has 0 aliphatic carbocycles. The van der Waals surface area contributed by atoms with Gasteiger partial charge in [0.15, 0.2) is 5.96 Å². The summed E-state index contributed by atoms with van der Waals surface area (Å²) >= 11 is 0. The first-order valence-corrected chi connectivity index (χ1v) is 6.01. The van der Waals surface area contributed by atoms with Crippen molar-refractivity contribution in [1.29, 1.82) is 0 Å². The molecule has 0 spiro atoms. The molecule has 0 bridgehead atoms. The molecule has 104 valence electrons. The molecule has 1 aromatic carbocycles. The van der Waals surface area contributed by atoms with Crippen molar-refractivity contribution in [3.05, 3.63) is 29.8 Å². The number of nitrogens with one attached hydrogen (secondary N) is 3. The van der Waals surface area contributed by atoms with Crippen molar-refractivity contribution < 1.29 is 4.79 Å². The molecule has 0 fully saturated rings. The van der Waals surface area contributed by atoms with E-state index in [-0.39, 0.29) is 35.8 Å². The summed E-state index contributed by atoms with van der Waals surface area (Å²) in [6.45, 7) is 0.692. The minimum atomic E-state index is 0. The smallest absolute Gasteiger partial charge is 0.225 e. The third-order valence-electron chi connectivity index (χ3n) is 3.08. The van der Waals surface area contributed by atoms with Crippen LogP contribution in [0, 0.1) is 0 Å². The predicted octanol–water partition coefficient (Wildman–Crippen LogP) is 1.53. The molecule has 1 unspecified atom stereocenters. The number of para-hydroxylation sites is 1. The average molecular weight is 374 g/mol. The molecule has 2 rings (SSSR count). The second-order valence-electron chi connectivity index (χ2n) is 4.24. The number of amides is 1. The van der Waals surface area contributed by atoms with E-state index in [0.717, 1.165) is 11.6 Å². The molecule has 3 N–H and O–H groups in total. The largest absolute Gasteiger partial charge is 0.359 e. The van der Waals surface area contributed by atoms with Gasteiger partial charge in [-0.25, -0.2) is 0 Å². The first-order valence-electron chi connectivity index (χ1n) is 6.01. The van der Waals surface area contributed by atoms with Gasteiger partial charge in [-0.05, 0) is 11.6 Å². The maximum Gasteiger partial charge on any atom is 0.225 e. The number of hydrogen-bond acceptors (Lipinski definition) is 2. The molecule has 0 saturated carbocycles. The molecule has 1 aliphatic heterocycles. The highest BCUT2D eigenvalue weighted by atomic mass is 127. The van der Waals surface area contributed by atoms with Crippen LogP contribution in [0.5, 0.6) is 0 Å². The van der Waals surface area contributed by atoms with E-state index in [1.807, 2.05) is 25.2 Å². The molecule has 1 heterocycles. The Morgan fingerprint density at radius 1 is 1.47 bits per heavy atom. The van der Waals surface area contributed by atoms with Crippen molar-refractivity contribution in [1.82, 2.24) is 10.6 Å². The maximum atomic E-state index is 11.6. The third kappa shape index (κ3) is 3.82. The fourth-order valence-electron chi connectivity index (χ4n) is 2.18. The van der Waals surface area contributed by atoms with Crippen LogP contribution < -0.4 is 16.0 Å². The topological polar surface area (TPSA) is 65.5 Å². The van der Waals surface area contributed by atoms with Crippen LogP contribution in [-0.4, -0.2) is 32.5 Å². The highest BCUT2D eigenvalue weighted by molar-refractivity contribution is 14.0. The quantitative estimate of drug-likeness (QED) is 0.418. The Bertz CT molecular complexity index is 475. The van der Waals surface area contributed by atoms with Gasteiger partial charge in [-0.2, -0.15) is 0 Å². The first-order chi connectivity index (χ1) is 8.74. The summed E-state index contributed by atoms with van der Waals surface area (Å²) in [6.07, 6.45) is 0.505. The summed E-state index contributed by atoms with van der Waals surface area (Å²) in [5.74, 6) is 0.985. The van der Waals surface area contributed by atoms with Gasteiger partial charge in [-0.1, -0.05) is 18.2 Å². The Hall–Kier alpha value is -1.31. The Morgan fingerprint density at radius 2 is 2.21 bits per heavy atom. The molecule has 1 amide bonds. The Kier molecular flexibility index (Phi) is 6.07. The number of carbonyl (C=O) groups is 1. The van der Waals surface area contributed by atoms with E-state index >= 15 is 0 Å². The molecule has 0 radical (unpaired) electrons. The zero-order valence-corrected chi connectivity index (χ0v) is 13.4. The zero-order valence-electron chi connectivity index (χ0n) is 11.1. The lowest BCUT2D eigenvalue weighted by atomic mass is 9.90. The molecule has 19 heavy (non-hydrogen) atoms. The summed E-state index contributed by atoms with van der Waals surface area (Å²) in [7, 11) is 3.54. The van der Waals surface area contributed by atoms with E-state index in [1.165, 1.54) is 5.56 Å². The summed E-state index contributed by atoms with van der Waals surface area (Å²) < 4.78 is 0. The highest BCUT2D eigenvalue weighted by Gasteiger charge is 2.24. The number of benzene rings is 1. The lowest BCUT2D eigenvalue weighted by Gasteiger charge is -2.26. The number of aliphatic imine (C=N–C) groups is 1. The Morgan fingerprint density at radius 3 is 2.89 bits per heavy atom. The number of rotatable bonds is 2. The second-order valence-corrected chi connectivity index (χ2v) is 4.24. The lowest BCUT2D eigenvalue weighted by Crippen LogP contribution is -2.39. The Labute approximate surface area is 130 Å². The van der Waals surface area contributed by atoms with Crippen molar-refractivity contribution in [2.75, 3.05) is 26.0 Å². The fraction of sp³-hybridized carbons (Fsp3) is 0.385. The van der Waals surface area contributed by atoms with E-state index < -0.39 is 0 Å². The van der Waals surface area contributed by atoms with E-state index in [0.29, 0.717) is 13.0 Å². The summed E-state index contributed by atoms with van der Waals surface area (Å²) in [6, 6.07) is 7.92. The normalized spacial score (nSPS) is 17.9. The predicted molar refractivity (Wildman–Crippen MR) is 88.3 cm³/mol. The second kappa shape index (κ2) is 7.32. The van der Waals surface area contributed by atoms with Crippen molar-refractivity contribution in [2.24, 2.45) is 4.99 Å². The summed E-state index contributed by atoms with van der Waals surface area (Å²) in [5, 5.41) is 9.07. The molecule has 0 aromatic heterocycles. The van der Waals surface area contributed by atoms with Crippen molar-refractivity contribution in [2.45, 2.75) is 12.3 Å². The molecular formula is C13H19IN4O. The van der Waals surface area contributed by atoms with Crippen LogP contribution in [0.1, 0.15) is 17.9 Å². The lowest BCUT2D eigenvalue weighted by molar-refractivity contribution is -0.116. The van der Waals surface area contributed by atoms with E-state index in [2.05, 4.69) is 27.0 Å². The van der Waals surface area contributed by atoms with Crippen LogP contribution >= 0.6 is 24.0 Å². The van der Waals surface area contributed by atoms with E-state index in [1.54, 1.807) is 7.05 Å². The number of anilines is 1. The van der Waals surface area contributed by atoms with Gasteiger partial charge in [0.25, 0.3) is 0 Å². The number of carbonyl (C=O) groups excluding carboxylic acids is 1. The van der Waals surface area contributed by atoms with Crippen molar-refractivity contribution in [3.63, 3.8) is 0 Å².